The van der Waals surface area contributed by atoms with Crippen molar-refractivity contribution in [3.63, 3.8) is 0 Å². The Balaban J connectivity index is 3.43. The van der Waals surface area contributed by atoms with Crippen molar-refractivity contribution in [2.24, 2.45) is 0 Å². The summed E-state index contributed by atoms with van der Waals surface area (Å²) in [7, 11) is 0. The van der Waals surface area contributed by atoms with Crippen LogP contribution in [0.5, 0.6) is 0 Å². The standard InChI is InChI=1S/C65H127NO3/c1-3-5-7-9-11-13-15-17-19-21-23-25-27-29-30-31-32-33-34-35-36-37-39-41-43-45-47-49-51-53-55-57-59-61-65(69)66-63(62-67)64(68)60-58-56-54-52-50-48-46-44-42-40-38-28-26-24-22-20-18-16-14-12-10-8-6-4-2/h50,52,58,60,63-64,67-68H,3-49,51,53-57,59,61-62H2,1-2H3,(H,66,69)/b52-50+,60-58+. The van der Waals surface area contributed by atoms with Crippen LogP contribution in [0.2, 0.25) is 0 Å². The third-order valence-corrected chi connectivity index (χ3v) is 15.2. The number of rotatable bonds is 60. The maximum atomic E-state index is 12.5. The van der Waals surface area contributed by atoms with E-state index < -0.39 is 12.1 Å². The second kappa shape index (κ2) is 61.2. The molecule has 0 spiro atoms. The van der Waals surface area contributed by atoms with Crippen LogP contribution in [0.1, 0.15) is 367 Å². The molecule has 0 fully saturated rings. The van der Waals surface area contributed by atoms with Gasteiger partial charge in [0.15, 0.2) is 0 Å². The minimum Gasteiger partial charge on any atom is -0.394 e. The van der Waals surface area contributed by atoms with Crippen LogP contribution in [0.25, 0.3) is 0 Å². The lowest BCUT2D eigenvalue weighted by molar-refractivity contribution is -0.123. The molecule has 0 aromatic carbocycles. The highest BCUT2D eigenvalue weighted by molar-refractivity contribution is 5.76. The predicted octanol–water partition coefficient (Wildman–Crippen LogP) is 21.4. The van der Waals surface area contributed by atoms with Crippen molar-refractivity contribution in [3.05, 3.63) is 24.3 Å². The average Bonchev–Trinajstić information content (AvgIpc) is 3.35. The number of carbonyl (C=O) groups excluding carboxylic acids is 1. The summed E-state index contributed by atoms with van der Waals surface area (Å²) in [5, 5.41) is 23.2. The number of unbranched alkanes of at least 4 members (excludes halogenated alkanes) is 51. The van der Waals surface area contributed by atoms with Gasteiger partial charge in [-0.05, 0) is 32.1 Å². The van der Waals surface area contributed by atoms with Crippen molar-refractivity contribution >= 4 is 5.91 Å². The SMILES string of the molecule is CCCCCCCCCCCCCCCCCCCC/C=C/CC/C=C/C(O)C(CO)NC(=O)CCCCCCCCCCCCCCCCCCCCCCCCCCCCCCCCCCC. The Morgan fingerprint density at radius 3 is 0.841 bits per heavy atom. The lowest BCUT2D eigenvalue weighted by Crippen LogP contribution is -2.45. The van der Waals surface area contributed by atoms with Gasteiger partial charge in [-0.2, -0.15) is 0 Å². The van der Waals surface area contributed by atoms with Crippen molar-refractivity contribution in [1.82, 2.24) is 5.32 Å². The summed E-state index contributed by atoms with van der Waals surface area (Å²) in [5.74, 6) is -0.0650. The highest BCUT2D eigenvalue weighted by Crippen LogP contribution is 2.19. The van der Waals surface area contributed by atoms with E-state index in [1.165, 1.54) is 315 Å². The van der Waals surface area contributed by atoms with Crippen molar-refractivity contribution in [1.29, 1.82) is 0 Å². The van der Waals surface area contributed by atoms with E-state index in [2.05, 4.69) is 31.3 Å². The summed E-state index contributed by atoms with van der Waals surface area (Å²) in [6.07, 6.45) is 82.5. The molecular weight excluding hydrogens is 843 g/mol. The maximum Gasteiger partial charge on any atom is 0.220 e. The van der Waals surface area contributed by atoms with E-state index in [0.29, 0.717) is 6.42 Å². The van der Waals surface area contributed by atoms with Crippen LogP contribution < -0.4 is 5.32 Å². The average molecular weight is 971 g/mol. The van der Waals surface area contributed by atoms with Crippen LogP contribution in [-0.4, -0.2) is 34.9 Å². The first-order valence-electron chi connectivity index (χ1n) is 32.1. The van der Waals surface area contributed by atoms with Gasteiger partial charge in [0.2, 0.25) is 5.91 Å². The summed E-state index contributed by atoms with van der Waals surface area (Å²) in [4.78, 5) is 12.5. The lowest BCUT2D eigenvalue weighted by atomic mass is 10.0. The Hall–Kier alpha value is -1.13. The van der Waals surface area contributed by atoms with Gasteiger partial charge >= 0.3 is 0 Å². The van der Waals surface area contributed by atoms with E-state index in [9.17, 15) is 15.0 Å². The van der Waals surface area contributed by atoms with Gasteiger partial charge in [0.25, 0.3) is 0 Å². The Kier molecular flexibility index (Phi) is 60.2. The molecule has 0 bridgehead atoms. The molecule has 0 aromatic rings. The number of allylic oxidation sites excluding steroid dienone is 3. The van der Waals surface area contributed by atoms with Crippen molar-refractivity contribution < 1.29 is 15.0 Å². The van der Waals surface area contributed by atoms with Gasteiger partial charge in [-0.3, -0.25) is 4.79 Å². The summed E-state index contributed by atoms with van der Waals surface area (Å²) >= 11 is 0. The van der Waals surface area contributed by atoms with Gasteiger partial charge in [0, 0.05) is 6.42 Å². The van der Waals surface area contributed by atoms with Crippen LogP contribution in [-0.2, 0) is 4.79 Å². The van der Waals surface area contributed by atoms with E-state index in [4.69, 9.17) is 0 Å². The molecule has 2 atom stereocenters. The zero-order valence-corrected chi connectivity index (χ0v) is 47.4. The van der Waals surface area contributed by atoms with Gasteiger partial charge < -0.3 is 15.5 Å². The molecule has 2 unspecified atom stereocenters. The molecule has 0 aliphatic heterocycles. The number of aliphatic hydroxyl groups is 2. The Bertz CT molecular complexity index is 1010. The number of carbonyl (C=O) groups is 1. The highest BCUT2D eigenvalue weighted by Gasteiger charge is 2.18. The van der Waals surface area contributed by atoms with Crippen molar-refractivity contribution in [2.45, 2.75) is 379 Å². The topological polar surface area (TPSA) is 69.6 Å². The first-order chi connectivity index (χ1) is 34.2. The number of hydrogen-bond donors (Lipinski definition) is 3. The fourth-order valence-electron chi connectivity index (χ4n) is 10.3. The zero-order chi connectivity index (χ0) is 49.9. The van der Waals surface area contributed by atoms with Crippen molar-refractivity contribution in [2.75, 3.05) is 6.61 Å². The largest absolute Gasteiger partial charge is 0.394 e. The van der Waals surface area contributed by atoms with Crippen LogP contribution >= 0.6 is 0 Å². The van der Waals surface area contributed by atoms with Gasteiger partial charge in [-0.15, -0.1) is 0 Å². The molecule has 4 heteroatoms. The highest BCUT2D eigenvalue weighted by atomic mass is 16.3. The second-order valence-electron chi connectivity index (χ2n) is 22.2. The molecule has 0 aliphatic carbocycles. The van der Waals surface area contributed by atoms with Gasteiger partial charge in [0.1, 0.15) is 0 Å². The van der Waals surface area contributed by atoms with Gasteiger partial charge in [-0.25, -0.2) is 0 Å². The van der Waals surface area contributed by atoms with E-state index in [-0.39, 0.29) is 12.5 Å². The minimum atomic E-state index is -0.860. The minimum absolute atomic E-state index is 0.0650. The molecule has 3 N–H and O–H groups in total. The van der Waals surface area contributed by atoms with E-state index in [1.54, 1.807) is 6.08 Å². The van der Waals surface area contributed by atoms with E-state index in [1.807, 2.05) is 6.08 Å². The molecule has 0 rings (SSSR count). The monoisotopic (exact) mass is 970 g/mol. The van der Waals surface area contributed by atoms with E-state index >= 15 is 0 Å². The second-order valence-corrected chi connectivity index (χ2v) is 22.2. The van der Waals surface area contributed by atoms with Crippen LogP contribution in [0, 0.1) is 0 Å². The fourth-order valence-corrected chi connectivity index (χ4v) is 10.3. The molecule has 69 heavy (non-hydrogen) atoms. The third kappa shape index (κ3) is 57.6. The molecule has 0 saturated heterocycles. The van der Waals surface area contributed by atoms with Crippen LogP contribution in [0.3, 0.4) is 0 Å². The smallest absolute Gasteiger partial charge is 0.220 e. The first-order valence-corrected chi connectivity index (χ1v) is 32.1. The molecule has 4 nitrogen and oxygen atoms in total. The van der Waals surface area contributed by atoms with Crippen LogP contribution in [0.4, 0.5) is 0 Å². The molecular formula is C65H127NO3. The number of nitrogens with one attached hydrogen (secondary N) is 1. The summed E-state index contributed by atoms with van der Waals surface area (Å²) in [6.45, 7) is 4.35. The molecule has 0 aliphatic rings. The molecule has 0 aromatic heterocycles. The predicted molar refractivity (Wildman–Crippen MR) is 309 cm³/mol. The summed E-state index contributed by atoms with van der Waals surface area (Å²) in [5.41, 5.74) is 0. The van der Waals surface area contributed by atoms with Gasteiger partial charge in [-0.1, -0.05) is 353 Å². The van der Waals surface area contributed by atoms with E-state index in [0.717, 1.165) is 32.1 Å². The van der Waals surface area contributed by atoms with Crippen LogP contribution in [0.15, 0.2) is 24.3 Å². The number of amides is 1. The summed E-state index contributed by atoms with van der Waals surface area (Å²) in [6, 6.07) is -0.637. The number of aliphatic hydroxyl groups excluding tert-OH is 2. The lowest BCUT2D eigenvalue weighted by Gasteiger charge is -2.19. The maximum absolute atomic E-state index is 12.5. The molecule has 1 amide bonds. The summed E-state index contributed by atoms with van der Waals surface area (Å²) < 4.78 is 0. The molecule has 0 saturated carbocycles. The molecule has 0 heterocycles. The molecule has 410 valence electrons. The Morgan fingerprint density at radius 2 is 0.565 bits per heavy atom. The zero-order valence-electron chi connectivity index (χ0n) is 47.4. The third-order valence-electron chi connectivity index (χ3n) is 15.2. The first kappa shape index (κ1) is 67.9. The quantitative estimate of drug-likeness (QED) is 0.0420. The normalized spacial score (nSPS) is 12.8. The fraction of sp³-hybridized carbons (Fsp3) is 0.923. The Morgan fingerprint density at radius 1 is 0.333 bits per heavy atom. The van der Waals surface area contributed by atoms with Crippen molar-refractivity contribution in [3.8, 4) is 0 Å². The van der Waals surface area contributed by atoms with Gasteiger partial charge in [0.05, 0.1) is 18.8 Å². The molecule has 0 radical (unpaired) electrons. The number of hydrogen-bond acceptors (Lipinski definition) is 3. The Labute approximate surface area is 434 Å².